The Morgan fingerprint density at radius 1 is 1.33 bits per heavy atom. The van der Waals surface area contributed by atoms with Crippen LogP contribution in [0.5, 0.6) is 5.75 Å². The van der Waals surface area contributed by atoms with E-state index in [4.69, 9.17) is 4.74 Å². The number of nitrogens with zero attached hydrogens (tertiary/aromatic N) is 2. The van der Waals surface area contributed by atoms with Crippen molar-refractivity contribution < 1.29 is 13.2 Å². The van der Waals surface area contributed by atoms with Gasteiger partial charge in [-0.2, -0.15) is 4.37 Å². The van der Waals surface area contributed by atoms with E-state index in [-0.39, 0.29) is 10.0 Å². The lowest BCUT2D eigenvalue weighted by Gasteiger charge is -2.06. The van der Waals surface area contributed by atoms with Gasteiger partial charge in [0.05, 0.1) is 11.5 Å². The molecule has 1 N–H and O–H groups in total. The predicted octanol–water partition coefficient (Wildman–Crippen LogP) is 1.74. The van der Waals surface area contributed by atoms with Crippen molar-refractivity contribution >= 4 is 26.7 Å². The van der Waals surface area contributed by atoms with Crippen molar-refractivity contribution in [2.24, 2.45) is 0 Å². The highest BCUT2D eigenvalue weighted by Crippen LogP contribution is 2.19. The molecule has 0 aliphatic heterocycles. The monoisotopic (exact) mass is 285 g/mol. The number of benzene rings is 1. The Morgan fingerprint density at radius 3 is 2.61 bits per heavy atom. The molecule has 1 heterocycles. The molecule has 0 saturated heterocycles. The Morgan fingerprint density at radius 2 is 2.06 bits per heavy atom. The second-order valence-electron chi connectivity index (χ2n) is 3.26. The quantitative estimate of drug-likeness (QED) is 0.905. The molecule has 8 heteroatoms. The summed E-state index contributed by atoms with van der Waals surface area (Å²) in [7, 11) is -3.61. The maximum absolute atomic E-state index is 12.0. The SMILES string of the molecule is CCOc1ccc(S(=O)(=O)Nc2ncns2)cc1. The van der Waals surface area contributed by atoms with Gasteiger partial charge < -0.3 is 4.74 Å². The Hall–Kier alpha value is -1.67. The van der Waals surface area contributed by atoms with Gasteiger partial charge in [0.2, 0.25) is 5.13 Å². The number of ether oxygens (including phenoxy) is 1. The van der Waals surface area contributed by atoms with Crippen molar-refractivity contribution in [2.75, 3.05) is 11.3 Å². The average Bonchev–Trinajstić information content (AvgIpc) is 2.82. The van der Waals surface area contributed by atoms with E-state index in [1.807, 2.05) is 6.92 Å². The van der Waals surface area contributed by atoms with E-state index in [1.54, 1.807) is 12.1 Å². The molecule has 0 saturated carbocycles. The van der Waals surface area contributed by atoms with Gasteiger partial charge in [-0.1, -0.05) is 0 Å². The number of hydrogen-bond acceptors (Lipinski definition) is 6. The average molecular weight is 285 g/mol. The van der Waals surface area contributed by atoms with Crippen molar-refractivity contribution in [3.63, 3.8) is 0 Å². The first kappa shape index (κ1) is 12.8. The van der Waals surface area contributed by atoms with Crippen molar-refractivity contribution in [1.82, 2.24) is 9.36 Å². The normalized spacial score (nSPS) is 11.2. The molecule has 0 fully saturated rings. The molecule has 6 nitrogen and oxygen atoms in total. The molecule has 18 heavy (non-hydrogen) atoms. The third kappa shape index (κ3) is 2.96. The van der Waals surface area contributed by atoms with Crippen LogP contribution < -0.4 is 9.46 Å². The van der Waals surface area contributed by atoms with Gasteiger partial charge in [-0.3, -0.25) is 4.72 Å². The standard InChI is InChI=1S/C10H11N3O3S2/c1-2-16-8-3-5-9(6-4-8)18(14,15)13-10-11-7-12-17-10/h3-7H,2H2,1H3,(H,11,12,13). The second kappa shape index (κ2) is 5.32. The molecule has 1 aromatic carbocycles. The van der Waals surface area contributed by atoms with Crippen molar-refractivity contribution in [3.8, 4) is 5.75 Å². The van der Waals surface area contributed by atoms with Gasteiger partial charge in [0.25, 0.3) is 10.0 Å². The number of rotatable bonds is 5. The minimum Gasteiger partial charge on any atom is -0.494 e. The van der Waals surface area contributed by atoms with Gasteiger partial charge in [-0.25, -0.2) is 13.4 Å². The van der Waals surface area contributed by atoms with E-state index >= 15 is 0 Å². The molecule has 0 amide bonds. The largest absolute Gasteiger partial charge is 0.494 e. The number of hydrogen-bond donors (Lipinski definition) is 1. The zero-order valence-corrected chi connectivity index (χ0v) is 11.2. The van der Waals surface area contributed by atoms with Crippen molar-refractivity contribution in [3.05, 3.63) is 30.6 Å². The number of aromatic nitrogens is 2. The molecule has 0 spiro atoms. The highest BCUT2D eigenvalue weighted by atomic mass is 32.2. The summed E-state index contributed by atoms with van der Waals surface area (Å²) >= 11 is 0.980. The predicted molar refractivity (Wildman–Crippen MR) is 68.3 cm³/mol. The van der Waals surface area contributed by atoms with Crippen LogP contribution in [0.4, 0.5) is 5.13 Å². The number of nitrogens with one attached hydrogen (secondary N) is 1. The Balaban J connectivity index is 2.19. The molecule has 1 aromatic heterocycles. The van der Waals surface area contributed by atoms with Crippen LogP contribution >= 0.6 is 11.5 Å². The summed E-state index contributed by atoms with van der Waals surface area (Å²) in [4.78, 5) is 3.92. The van der Waals surface area contributed by atoms with Crippen molar-refractivity contribution in [2.45, 2.75) is 11.8 Å². The van der Waals surface area contributed by atoms with Crippen LogP contribution in [0.3, 0.4) is 0 Å². The molecular weight excluding hydrogens is 274 g/mol. The molecule has 2 aromatic rings. The summed E-state index contributed by atoms with van der Waals surface area (Å²) in [5.74, 6) is 0.632. The number of sulfonamides is 1. The fraction of sp³-hybridized carbons (Fsp3) is 0.200. The van der Waals surface area contributed by atoms with Crippen LogP contribution in [-0.4, -0.2) is 24.4 Å². The topological polar surface area (TPSA) is 81.2 Å². The van der Waals surface area contributed by atoms with E-state index in [9.17, 15) is 8.42 Å². The lowest BCUT2D eigenvalue weighted by molar-refractivity contribution is 0.340. The van der Waals surface area contributed by atoms with Gasteiger partial charge in [0, 0.05) is 11.5 Å². The Labute approximate surface area is 109 Å². The summed E-state index contributed by atoms with van der Waals surface area (Å²) in [6, 6.07) is 6.18. The van der Waals surface area contributed by atoms with Crippen LogP contribution in [-0.2, 0) is 10.0 Å². The van der Waals surface area contributed by atoms with Gasteiger partial charge in [-0.15, -0.1) is 0 Å². The van der Waals surface area contributed by atoms with E-state index in [0.29, 0.717) is 12.4 Å². The van der Waals surface area contributed by atoms with Crippen LogP contribution in [0.25, 0.3) is 0 Å². The molecule has 96 valence electrons. The Kier molecular flexibility index (Phi) is 3.78. The van der Waals surface area contributed by atoms with Crippen LogP contribution in [0, 0.1) is 0 Å². The number of anilines is 1. The highest BCUT2D eigenvalue weighted by molar-refractivity contribution is 7.93. The molecule has 0 aliphatic rings. The molecule has 2 rings (SSSR count). The highest BCUT2D eigenvalue weighted by Gasteiger charge is 2.15. The minimum atomic E-state index is -3.61. The Bertz CT molecular complexity index is 594. The van der Waals surface area contributed by atoms with E-state index in [2.05, 4.69) is 14.1 Å². The van der Waals surface area contributed by atoms with E-state index in [0.717, 1.165) is 11.5 Å². The first-order valence-electron chi connectivity index (χ1n) is 5.14. The lowest BCUT2D eigenvalue weighted by atomic mass is 10.3. The molecule has 0 bridgehead atoms. The van der Waals surface area contributed by atoms with Crippen LogP contribution in [0.1, 0.15) is 6.92 Å². The summed E-state index contributed by atoms with van der Waals surface area (Å²) in [5.41, 5.74) is 0. The van der Waals surface area contributed by atoms with E-state index < -0.39 is 10.0 Å². The van der Waals surface area contributed by atoms with Gasteiger partial charge in [-0.05, 0) is 31.2 Å². The zero-order valence-electron chi connectivity index (χ0n) is 9.53. The maximum Gasteiger partial charge on any atom is 0.263 e. The first-order valence-corrected chi connectivity index (χ1v) is 7.40. The minimum absolute atomic E-state index is 0.154. The zero-order chi connectivity index (χ0) is 13.0. The van der Waals surface area contributed by atoms with Gasteiger partial charge in [0.1, 0.15) is 12.1 Å². The van der Waals surface area contributed by atoms with Crippen molar-refractivity contribution in [1.29, 1.82) is 0 Å². The summed E-state index contributed by atoms with van der Waals surface area (Å²) in [5, 5.41) is 0.240. The third-order valence-electron chi connectivity index (χ3n) is 2.03. The second-order valence-corrected chi connectivity index (χ2v) is 5.72. The third-order valence-corrected chi connectivity index (χ3v) is 4.09. The fourth-order valence-corrected chi connectivity index (χ4v) is 2.94. The lowest BCUT2D eigenvalue weighted by Crippen LogP contribution is -2.12. The smallest absolute Gasteiger partial charge is 0.263 e. The van der Waals surface area contributed by atoms with E-state index in [1.165, 1.54) is 18.5 Å². The van der Waals surface area contributed by atoms with Gasteiger partial charge >= 0.3 is 0 Å². The molecule has 0 radical (unpaired) electrons. The molecule has 0 aliphatic carbocycles. The van der Waals surface area contributed by atoms with Crippen LogP contribution in [0.2, 0.25) is 0 Å². The molecule has 0 atom stereocenters. The van der Waals surface area contributed by atoms with Crippen LogP contribution in [0.15, 0.2) is 35.5 Å². The summed E-state index contributed by atoms with van der Waals surface area (Å²) in [6.45, 7) is 2.40. The summed E-state index contributed by atoms with van der Waals surface area (Å²) in [6.07, 6.45) is 1.29. The molecular formula is C10H11N3O3S2. The molecule has 0 unspecified atom stereocenters. The fourth-order valence-electron chi connectivity index (χ4n) is 1.27. The van der Waals surface area contributed by atoms with Gasteiger partial charge in [0.15, 0.2) is 0 Å². The summed E-state index contributed by atoms with van der Waals surface area (Å²) < 4.78 is 35.2. The maximum atomic E-state index is 12.0. The first-order chi connectivity index (χ1) is 8.62.